The minimum atomic E-state index is -3.86. The van der Waals surface area contributed by atoms with Crippen LogP contribution in [0.3, 0.4) is 0 Å². The summed E-state index contributed by atoms with van der Waals surface area (Å²) in [5.74, 6) is -0.571. The molecule has 2 aromatic heterocycles. The van der Waals surface area contributed by atoms with Gasteiger partial charge in [-0.15, -0.1) is 0 Å². The molecule has 1 saturated carbocycles. The number of aryl methyl sites for hydroxylation is 1. The highest BCUT2D eigenvalue weighted by Gasteiger charge is 2.31. The second kappa shape index (κ2) is 10.3. The molecule has 0 saturated heterocycles. The molecular formula is C28H26BFN6O5S. The third kappa shape index (κ3) is 4.87. The van der Waals surface area contributed by atoms with E-state index < -0.39 is 37.9 Å². The number of aliphatic imine (C=N–C) groups is 1. The summed E-state index contributed by atoms with van der Waals surface area (Å²) in [4.78, 5) is 44.9. The molecule has 4 aromatic rings. The maximum atomic E-state index is 14.8. The number of pyridine rings is 1. The van der Waals surface area contributed by atoms with Gasteiger partial charge >= 0.3 is 5.69 Å². The van der Waals surface area contributed by atoms with Crippen molar-refractivity contribution >= 4 is 57.6 Å². The molecule has 2 aliphatic rings. The zero-order valence-electron chi connectivity index (χ0n) is 22.7. The smallest absolute Gasteiger partial charge is 0.337 e. The standard InChI is InChI=1S/C28H26BFN6O5S/c1-34-24(37)14-23(32-22-10-7-16(29)12-21(22)30)25-26(34)35(28(39)36(27(25)38)18-8-9-18)19-5-2-4-17(13-19)33-42(40,41)20-6-3-11-31-15-20/h2-7,10-14,18,20,32-33H,8-9,15,29H2,1H3. The minimum Gasteiger partial charge on any atom is -0.352 e. The fourth-order valence-corrected chi connectivity index (χ4v) is 6.21. The lowest BCUT2D eigenvalue weighted by molar-refractivity contribution is 0.594. The molecule has 0 bridgehead atoms. The molecule has 1 fully saturated rings. The molecule has 1 unspecified atom stereocenters. The zero-order valence-corrected chi connectivity index (χ0v) is 23.6. The Bertz CT molecular complexity index is 2110. The summed E-state index contributed by atoms with van der Waals surface area (Å²) in [7, 11) is -0.695. The average molecular weight is 588 g/mol. The number of aromatic nitrogens is 3. The molecule has 0 spiro atoms. The number of sulfonamides is 1. The molecule has 0 radical (unpaired) electrons. The Morgan fingerprint density at radius 2 is 1.83 bits per heavy atom. The molecule has 1 atom stereocenters. The van der Waals surface area contributed by atoms with Gasteiger partial charge in [0.1, 0.15) is 29.9 Å². The van der Waals surface area contributed by atoms with Crippen LogP contribution in [-0.2, 0) is 17.1 Å². The van der Waals surface area contributed by atoms with Crippen LogP contribution in [0.15, 0.2) is 80.1 Å². The van der Waals surface area contributed by atoms with Gasteiger partial charge in [0.05, 0.1) is 29.3 Å². The van der Waals surface area contributed by atoms with E-state index in [4.69, 9.17) is 0 Å². The maximum absolute atomic E-state index is 14.8. The average Bonchev–Trinajstić information content (AvgIpc) is 3.78. The Hall–Kier alpha value is -4.72. The van der Waals surface area contributed by atoms with Gasteiger partial charge in [-0.3, -0.25) is 28.4 Å². The Balaban J connectivity index is 1.57. The highest BCUT2D eigenvalue weighted by atomic mass is 32.2. The van der Waals surface area contributed by atoms with Crippen LogP contribution in [0.5, 0.6) is 0 Å². The molecular weight excluding hydrogens is 562 g/mol. The molecule has 0 amide bonds. The number of allylic oxidation sites excluding steroid dienone is 1. The molecule has 3 heterocycles. The quantitative estimate of drug-likeness (QED) is 0.310. The Morgan fingerprint density at radius 3 is 2.52 bits per heavy atom. The van der Waals surface area contributed by atoms with Crippen molar-refractivity contribution in [2.75, 3.05) is 16.6 Å². The molecule has 2 aromatic carbocycles. The number of fused-ring (bicyclic) bond motifs is 1. The second-order valence-corrected chi connectivity index (χ2v) is 12.3. The third-order valence-electron chi connectivity index (χ3n) is 7.32. The first kappa shape index (κ1) is 27.5. The van der Waals surface area contributed by atoms with Crippen molar-refractivity contribution in [3.63, 3.8) is 0 Å². The molecule has 14 heteroatoms. The van der Waals surface area contributed by atoms with Gasteiger partial charge in [0.25, 0.3) is 11.1 Å². The molecule has 42 heavy (non-hydrogen) atoms. The Morgan fingerprint density at radius 1 is 1.05 bits per heavy atom. The van der Waals surface area contributed by atoms with Gasteiger partial charge in [-0.25, -0.2) is 22.2 Å². The molecule has 1 aliphatic heterocycles. The van der Waals surface area contributed by atoms with Crippen LogP contribution >= 0.6 is 0 Å². The second-order valence-electron chi connectivity index (χ2n) is 10.4. The summed E-state index contributed by atoms with van der Waals surface area (Å²) in [5, 5.41) is 2.03. The third-order valence-corrected chi connectivity index (χ3v) is 8.95. The van der Waals surface area contributed by atoms with Gasteiger partial charge in [0, 0.05) is 25.4 Å². The summed E-state index contributed by atoms with van der Waals surface area (Å²) in [6.07, 6.45) is 5.87. The molecule has 6 rings (SSSR count). The number of nitrogens with one attached hydrogen (secondary N) is 2. The van der Waals surface area contributed by atoms with Crippen molar-refractivity contribution in [3.05, 3.63) is 97.7 Å². The summed E-state index contributed by atoms with van der Waals surface area (Å²) in [6, 6.07) is 11.5. The molecule has 1 aliphatic carbocycles. The Labute approximate surface area is 240 Å². The predicted octanol–water partition coefficient (Wildman–Crippen LogP) is 1.08. The largest absolute Gasteiger partial charge is 0.352 e. The number of nitrogens with zero attached hydrogens (tertiary/aromatic N) is 4. The van der Waals surface area contributed by atoms with E-state index in [2.05, 4.69) is 15.0 Å². The van der Waals surface area contributed by atoms with Crippen LogP contribution in [-0.4, -0.2) is 48.0 Å². The van der Waals surface area contributed by atoms with Crippen molar-refractivity contribution in [1.82, 2.24) is 13.7 Å². The fraction of sp³-hybridized carbons (Fsp3) is 0.214. The first-order chi connectivity index (χ1) is 20.0. The van der Waals surface area contributed by atoms with Gasteiger partial charge in [-0.2, -0.15) is 0 Å². The number of halogens is 1. The van der Waals surface area contributed by atoms with Crippen molar-refractivity contribution in [3.8, 4) is 5.69 Å². The van der Waals surface area contributed by atoms with Crippen LogP contribution in [0.25, 0.3) is 16.7 Å². The number of rotatable bonds is 7. The van der Waals surface area contributed by atoms with E-state index >= 15 is 0 Å². The highest BCUT2D eigenvalue weighted by Crippen LogP contribution is 2.34. The summed E-state index contributed by atoms with van der Waals surface area (Å²) >= 11 is 0. The fourth-order valence-electron chi connectivity index (χ4n) is 5.03. The first-order valence-corrected chi connectivity index (χ1v) is 14.8. The van der Waals surface area contributed by atoms with Crippen molar-refractivity contribution in [1.29, 1.82) is 0 Å². The lowest BCUT2D eigenvalue weighted by Gasteiger charge is -2.20. The normalized spacial score (nSPS) is 16.6. The van der Waals surface area contributed by atoms with Crippen LogP contribution in [0.1, 0.15) is 18.9 Å². The predicted molar refractivity (Wildman–Crippen MR) is 164 cm³/mol. The van der Waals surface area contributed by atoms with E-state index in [9.17, 15) is 27.2 Å². The van der Waals surface area contributed by atoms with E-state index in [0.717, 1.165) is 4.57 Å². The van der Waals surface area contributed by atoms with Gasteiger partial charge in [0.2, 0.25) is 10.0 Å². The molecule has 11 nitrogen and oxygen atoms in total. The van der Waals surface area contributed by atoms with Gasteiger partial charge in [-0.05, 0) is 49.2 Å². The molecule has 214 valence electrons. The number of benzene rings is 2. The molecule has 2 N–H and O–H groups in total. The van der Waals surface area contributed by atoms with Gasteiger partial charge in [-0.1, -0.05) is 23.7 Å². The number of anilines is 3. The summed E-state index contributed by atoms with van der Waals surface area (Å²) in [5.41, 5.74) is -0.641. The zero-order chi connectivity index (χ0) is 29.8. The van der Waals surface area contributed by atoms with Crippen LogP contribution < -0.4 is 32.3 Å². The van der Waals surface area contributed by atoms with Gasteiger partial charge < -0.3 is 5.32 Å². The van der Waals surface area contributed by atoms with Crippen LogP contribution in [0.4, 0.5) is 21.5 Å². The van der Waals surface area contributed by atoms with Crippen LogP contribution in [0.2, 0.25) is 0 Å². The van der Waals surface area contributed by atoms with Crippen molar-refractivity contribution in [2.24, 2.45) is 12.0 Å². The van der Waals surface area contributed by atoms with E-state index in [1.165, 1.54) is 58.8 Å². The SMILES string of the molecule is Bc1ccc(Nc2cc(=O)n(C)c3c2c(=O)n(C2CC2)c(=O)n3-c2cccc(NS(=O)(=O)C3C=CC=NC3)c2)c(F)c1. The van der Waals surface area contributed by atoms with E-state index in [1.54, 1.807) is 32.1 Å². The van der Waals surface area contributed by atoms with E-state index in [0.29, 0.717) is 18.3 Å². The van der Waals surface area contributed by atoms with E-state index in [-0.39, 0.29) is 46.4 Å². The number of dihydropyridines is 1. The van der Waals surface area contributed by atoms with Crippen LogP contribution in [0, 0.1) is 5.82 Å². The number of hydrogen-bond acceptors (Lipinski definition) is 7. The lowest BCUT2D eigenvalue weighted by atomic mass is 9.96. The maximum Gasteiger partial charge on any atom is 0.337 e. The van der Waals surface area contributed by atoms with E-state index in [1.807, 2.05) is 0 Å². The minimum absolute atomic E-state index is 0.0137. The Kier molecular flexibility index (Phi) is 6.72. The van der Waals surface area contributed by atoms with Gasteiger partial charge in [0.15, 0.2) is 0 Å². The first-order valence-electron chi connectivity index (χ1n) is 13.3. The topological polar surface area (TPSA) is 137 Å². The monoisotopic (exact) mass is 588 g/mol. The van der Waals surface area contributed by atoms with Crippen molar-refractivity contribution in [2.45, 2.75) is 24.1 Å². The number of hydrogen-bond donors (Lipinski definition) is 2. The highest BCUT2D eigenvalue weighted by molar-refractivity contribution is 7.93. The van der Waals surface area contributed by atoms with Crippen molar-refractivity contribution < 1.29 is 12.8 Å². The summed E-state index contributed by atoms with van der Waals surface area (Å²) in [6.45, 7) is 0.0709. The summed E-state index contributed by atoms with van der Waals surface area (Å²) < 4.78 is 46.9. The lowest BCUT2D eigenvalue weighted by Crippen LogP contribution is -2.41.